The lowest BCUT2D eigenvalue weighted by Crippen LogP contribution is -2.49. The molecule has 7 nitrogen and oxygen atoms in total. The Morgan fingerprint density at radius 2 is 1.91 bits per heavy atom. The molecule has 172 valence electrons. The van der Waals surface area contributed by atoms with Crippen LogP contribution in [0.5, 0.6) is 0 Å². The number of nitrogens with zero attached hydrogens (tertiary/aromatic N) is 3. The summed E-state index contributed by atoms with van der Waals surface area (Å²) in [5.41, 5.74) is 2.65. The van der Waals surface area contributed by atoms with Gasteiger partial charge in [-0.25, -0.2) is 9.88 Å². The zero-order valence-corrected chi connectivity index (χ0v) is 19.6. The van der Waals surface area contributed by atoms with Gasteiger partial charge in [-0.3, -0.25) is 14.4 Å². The number of imide groups is 1. The first-order valence-electron chi connectivity index (χ1n) is 11.2. The zero-order valence-electron chi connectivity index (χ0n) is 18.8. The maximum atomic E-state index is 13.4. The molecule has 2 aromatic heterocycles. The molecule has 0 saturated carbocycles. The summed E-state index contributed by atoms with van der Waals surface area (Å²) >= 11 is 1.33. The lowest BCUT2D eigenvalue weighted by Gasteiger charge is -2.32. The van der Waals surface area contributed by atoms with Gasteiger partial charge in [-0.15, -0.1) is 11.3 Å². The molecule has 0 N–H and O–H groups in total. The van der Waals surface area contributed by atoms with Gasteiger partial charge in [-0.1, -0.05) is 25.1 Å². The lowest BCUT2D eigenvalue weighted by molar-refractivity contribution is -0.122. The summed E-state index contributed by atoms with van der Waals surface area (Å²) < 4.78 is 5.81. The predicted molar refractivity (Wildman–Crippen MR) is 131 cm³/mol. The van der Waals surface area contributed by atoms with Crippen molar-refractivity contribution in [2.45, 2.75) is 38.8 Å². The highest BCUT2D eigenvalue weighted by Gasteiger charge is 2.45. The molecule has 0 aliphatic carbocycles. The van der Waals surface area contributed by atoms with Crippen molar-refractivity contribution in [1.82, 2.24) is 9.88 Å². The monoisotopic (exact) mass is 473 g/mol. The van der Waals surface area contributed by atoms with E-state index in [9.17, 15) is 14.4 Å². The van der Waals surface area contributed by atoms with Crippen molar-refractivity contribution in [3.05, 3.63) is 70.9 Å². The van der Waals surface area contributed by atoms with Crippen molar-refractivity contribution in [2.24, 2.45) is 0 Å². The third-order valence-electron chi connectivity index (χ3n) is 6.16. The quantitative estimate of drug-likeness (QED) is 0.363. The molecule has 0 bridgehead atoms. The summed E-state index contributed by atoms with van der Waals surface area (Å²) in [6, 6.07) is 17.0. The number of hydrogen-bond donors (Lipinski definition) is 0. The van der Waals surface area contributed by atoms with Gasteiger partial charge in [-0.05, 0) is 61.2 Å². The van der Waals surface area contributed by atoms with E-state index in [1.807, 2.05) is 43.5 Å². The Bertz CT molecular complexity index is 1330. The Hall–Kier alpha value is -3.78. The number of oxazole rings is 1. The van der Waals surface area contributed by atoms with Crippen molar-refractivity contribution in [2.75, 3.05) is 4.90 Å². The fourth-order valence-electron chi connectivity index (χ4n) is 4.23. The average Bonchev–Trinajstić information content (AvgIpc) is 3.59. The Morgan fingerprint density at radius 1 is 1.15 bits per heavy atom. The van der Waals surface area contributed by atoms with Crippen LogP contribution in [0.15, 0.2) is 70.5 Å². The van der Waals surface area contributed by atoms with Crippen LogP contribution in [-0.2, 0) is 9.59 Å². The Morgan fingerprint density at radius 3 is 2.59 bits per heavy atom. The Labute approximate surface area is 200 Å². The highest BCUT2D eigenvalue weighted by Crippen LogP contribution is 2.31. The molecule has 34 heavy (non-hydrogen) atoms. The van der Waals surface area contributed by atoms with Crippen LogP contribution >= 0.6 is 11.3 Å². The molecule has 4 aromatic rings. The van der Waals surface area contributed by atoms with Gasteiger partial charge in [0.1, 0.15) is 11.6 Å². The van der Waals surface area contributed by atoms with E-state index in [0.717, 1.165) is 11.1 Å². The fourth-order valence-corrected chi connectivity index (χ4v) is 4.89. The standard InChI is InChI=1S/C26H23N3O4S/c1-3-16(2)28(26(32)22-9-6-14-34-22)20-15-23(30)29(25(20)31)18-12-10-17(11-13-18)24-27-19-7-4-5-8-21(19)33-24/h4-14,16,20H,3,15H2,1-2H3. The number of hydrogen-bond acceptors (Lipinski definition) is 6. The molecule has 3 heterocycles. The molecule has 1 saturated heterocycles. The van der Waals surface area contributed by atoms with Crippen LogP contribution in [0.1, 0.15) is 36.4 Å². The second-order valence-electron chi connectivity index (χ2n) is 8.27. The van der Waals surface area contributed by atoms with Crippen LogP contribution in [0.25, 0.3) is 22.6 Å². The second kappa shape index (κ2) is 8.87. The molecule has 8 heteroatoms. The largest absolute Gasteiger partial charge is 0.436 e. The molecule has 2 unspecified atom stereocenters. The van der Waals surface area contributed by atoms with Gasteiger partial charge in [0.05, 0.1) is 17.0 Å². The fraction of sp³-hybridized carbons (Fsp3) is 0.231. The van der Waals surface area contributed by atoms with E-state index < -0.39 is 6.04 Å². The lowest BCUT2D eigenvalue weighted by atomic mass is 10.1. The van der Waals surface area contributed by atoms with Crippen molar-refractivity contribution in [3.8, 4) is 11.5 Å². The number of benzene rings is 2. The normalized spacial score (nSPS) is 16.9. The number of amides is 3. The van der Waals surface area contributed by atoms with Crippen molar-refractivity contribution in [3.63, 3.8) is 0 Å². The Balaban J connectivity index is 1.41. The maximum Gasteiger partial charge on any atom is 0.264 e. The van der Waals surface area contributed by atoms with E-state index in [4.69, 9.17) is 4.42 Å². The summed E-state index contributed by atoms with van der Waals surface area (Å²) in [6.07, 6.45) is 0.640. The number of anilines is 1. The summed E-state index contributed by atoms with van der Waals surface area (Å²) in [5.74, 6) is -0.459. The van der Waals surface area contributed by atoms with E-state index >= 15 is 0 Å². The van der Waals surface area contributed by atoms with Crippen molar-refractivity contribution >= 4 is 45.8 Å². The van der Waals surface area contributed by atoms with Crippen LogP contribution in [0.2, 0.25) is 0 Å². The van der Waals surface area contributed by atoms with Crippen LogP contribution in [-0.4, -0.2) is 39.7 Å². The van der Waals surface area contributed by atoms with Gasteiger partial charge in [-0.2, -0.15) is 0 Å². The van der Waals surface area contributed by atoms with Gasteiger partial charge in [0, 0.05) is 11.6 Å². The van der Waals surface area contributed by atoms with E-state index in [1.165, 1.54) is 16.2 Å². The van der Waals surface area contributed by atoms with Gasteiger partial charge >= 0.3 is 0 Å². The smallest absolute Gasteiger partial charge is 0.264 e. The van der Waals surface area contributed by atoms with Gasteiger partial charge < -0.3 is 9.32 Å². The van der Waals surface area contributed by atoms with E-state index in [-0.39, 0.29) is 30.2 Å². The number of thiophene rings is 1. The second-order valence-corrected chi connectivity index (χ2v) is 9.22. The summed E-state index contributed by atoms with van der Waals surface area (Å²) in [5, 5.41) is 1.83. The first-order valence-corrected chi connectivity index (χ1v) is 12.0. The first-order chi connectivity index (χ1) is 16.5. The Kier molecular flexibility index (Phi) is 5.75. The number of aromatic nitrogens is 1. The predicted octanol–water partition coefficient (Wildman–Crippen LogP) is 5.13. The zero-order chi connectivity index (χ0) is 23.8. The van der Waals surface area contributed by atoms with E-state index in [1.54, 1.807) is 41.3 Å². The van der Waals surface area contributed by atoms with Crippen LogP contribution in [0.3, 0.4) is 0 Å². The summed E-state index contributed by atoms with van der Waals surface area (Å²) in [7, 11) is 0. The van der Waals surface area contributed by atoms with E-state index in [0.29, 0.717) is 28.5 Å². The van der Waals surface area contributed by atoms with E-state index in [2.05, 4.69) is 4.98 Å². The minimum Gasteiger partial charge on any atom is -0.436 e. The molecule has 0 spiro atoms. The molecule has 2 aromatic carbocycles. The molecule has 0 radical (unpaired) electrons. The van der Waals surface area contributed by atoms with Crippen molar-refractivity contribution in [1.29, 1.82) is 0 Å². The molecule has 2 atom stereocenters. The molecule has 1 aliphatic rings. The third kappa shape index (κ3) is 3.80. The van der Waals surface area contributed by atoms with Gasteiger partial charge in [0.2, 0.25) is 11.8 Å². The maximum absolute atomic E-state index is 13.4. The number of fused-ring (bicyclic) bond motifs is 1. The topological polar surface area (TPSA) is 83.7 Å². The molecule has 5 rings (SSSR count). The SMILES string of the molecule is CCC(C)N(C(=O)c1cccs1)C1CC(=O)N(c2ccc(-c3nc4ccccc4o3)cc2)C1=O. The molecule has 3 amide bonds. The summed E-state index contributed by atoms with van der Waals surface area (Å²) in [4.78, 5) is 47.3. The number of rotatable bonds is 6. The van der Waals surface area contributed by atoms with Crippen LogP contribution in [0, 0.1) is 0 Å². The third-order valence-corrected chi connectivity index (χ3v) is 7.01. The highest BCUT2D eigenvalue weighted by atomic mass is 32.1. The molecule has 1 fully saturated rings. The number of carbonyl (C=O) groups is 3. The molecular weight excluding hydrogens is 450 g/mol. The van der Waals surface area contributed by atoms with Crippen molar-refractivity contribution < 1.29 is 18.8 Å². The number of carbonyl (C=O) groups excluding carboxylic acids is 3. The van der Waals surface area contributed by atoms with Crippen LogP contribution < -0.4 is 4.90 Å². The minimum absolute atomic E-state index is 0.0346. The highest BCUT2D eigenvalue weighted by molar-refractivity contribution is 7.12. The number of para-hydroxylation sites is 2. The average molecular weight is 474 g/mol. The molecular formula is C26H23N3O4S. The van der Waals surface area contributed by atoms with Gasteiger partial charge in [0.25, 0.3) is 11.8 Å². The first kappa shape index (κ1) is 22.0. The molecule has 1 aliphatic heterocycles. The van der Waals surface area contributed by atoms with Gasteiger partial charge in [0.15, 0.2) is 5.58 Å². The summed E-state index contributed by atoms with van der Waals surface area (Å²) in [6.45, 7) is 3.87. The minimum atomic E-state index is -0.825. The van der Waals surface area contributed by atoms with Crippen LogP contribution in [0.4, 0.5) is 5.69 Å².